The van der Waals surface area contributed by atoms with Crippen molar-refractivity contribution < 1.29 is 33.4 Å². The van der Waals surface area contributed by atoms with Gasteiger partial charge in [-0.2, -0.15) is 0 Å². The van der Waals surface area contributed by atoms with Crippen LogP contribution >= 0.6 is 34.9 Å². The Kier molecular flexibility index (Phi) is 17.2. The first-order valence-corrected chi connectivity index (χ1v) is 27.0. The number of ether oxygens (including phenoxy) is 3. The van der Waals surface area contributed by atoms with Gasteiger partial charge in [-0.25, -0.2) is 14.9 Å². The zero-order valence-corrected chi connectivity index (χ0v) is 43.9. The molecule has 0 spiro atoms. The summed E-state index contributed by atoms with van der Waals surface area (Å²) in [4.78, 5) is 80.7. The number of esters is 1. The van der Waals surface area contributed by atoms with Gasteiger partial charge in [-0.1, -0.05) is 169 Å². The number of fused-ring (bicyclic) bond motifs is 1. The summed E-state index contributed by atoms with van der Waals surface area (Å²) in [6, 6.07) is 47.5. The lowest BCUT2D eigenvalue weighted by molar-refractivity contribution is -0.154. The van der Waals surface area contributed by atoms with E-state index >= 15 is 0 Å². The summed E-state index contributed by atoms with van der Waals surface area (Å²) in [6.07, 6.45) is -0.0529. The molecule has 0 saturated carbocycles. The van der Waals surface area contributed by atoms with Gasteiger partial charge in [0.1, 0.15) is 35.5 Å². The summed E-state index contributed by atoms with van der Waals surface area (Å²) in [5, 5.41) is 20.2. The maximum Gasteiger partial charge on any atom is 0.356 e. The average molecular weight is 1080 g/mol. The molecule has 388 valence electrons. The molecule has 0 aliphatic carbocycles. The summed E-state index contributed by atoms with van der Waals surface area (Å²) in [6.45, 7) is 4.05. The molecule has 2 aromatic heterocycles. The number of carbonyl (C=O) groups excluding carboxylic acids is 3. The summed E-state index contributed by atoms with van der Waals surface area (Å²) in [5.74, 6) is -1.89. The molecule has 1 saturated heterocycles. The Bertz CT molecular complexity index is 3220. The zero-order chi connectivity index (χ0) is 53.0. The number of hydrogen-bond acceptors (Lipinski definition) is 16. The Morgan fingerprint density at radius 3 is 1.92 bits per heavy atom. The first-order valence-electron chi connectivity index (χ1n) is 24.2. The van der Waals surface area contributed by atoms with E-state index in [9.17, 15) is 24.0 Å². The number of hydrogen-bond donors (Lipinski definition) is 3. The van der Waals surface area contributed by atoms with Crippen molar-refractivity contribution in [1.29, 1.82) is 0 Å². The Balaban J connectivity index is 1.00. The lowest BCUT2D eigenvalue weighted by Crippen LogP contribution is -2.71. The molecule has 1 fully saturated rings. The highest BCUT2D eigenvalue weighted by Crippen LogP contribution is 2.43. The van der Waals surface area contributed by atoms with Crippen molar-refractivity contribution in [3.8, 4) is 0 Å². The number of benzene rings is 5. The SMILES string of the molecule is CCOC(Cn1c(S/C=C/C2=C(C(=O)OC(c3ccccc3)c3ccccc3)N3C(=O)C(NC(=O)/C(=N/OC)c4csc(NC(c5ccccc5)(c5ccccc5)c5ccccc5)n4)C3SC2)n[nH]c(=O)c1=O)OCC. The second kappa shape index (κ2) is 24.6. The molecular weight excluding hydrogens is 1020 g/mol. The van der Waals surface area contributed by atoms with Gasteiger partial charge in [-0.05, 0) is 58.7 Å². The van der Waals surface area contributed by atoms with Gasteiger partial charge >= 0.3 is 17.1 Å². The molecule has 76 heavy (non-hydrogen) atoms. The second-order valence-corrected chi connectivity index (χ2v) is 19.8. The number of oxime groups is 1. The number of amides is 2. The molecule has 2 amide bonds. The van der Waals surface area contributed by atoms with Gasteiger partial charge in [-0.15, -0.1) is 28.2 Å². The van der Waals surface area contributed by atoms with Gasteiger partial charge in [0.25, 0.3) is 11.8 Å². The minimum atomic E-state index is -1.09. The molecule has 2 unspecified atom stereocenters. The maximum absolute atomic E-state index is 14.8. The van der Waals surface area contributed by atoms with Crippen molar-refractivity contribution in [2.24, 2.45) is 5.16 Å². The van der Waals surface area contributed by atoms with E-state index in [1.807, 2.05) is 152 Å². The van der Waals surface area contributed by atoms with E-state index in [0.717, 1.165) is 33.0 Å². The molecule has 2 atom stereocenters. The summed E-state index contributed by atoms with van der Waals surface area (Å²) in [7, 11) is 1.32. The monoisotopic (exact) mass is 1080 g/mol. The molecule has 9 rings (SSSR count). The van der Waals surface area contributed by atoms with E-state index in [2.05, 4.69) is 26.0 Å². The van der Waals surface area contributed by atoms with Crippen LogP contribution in [0.15, 0.2) is 200 Å². The number of thioether (sulfide) groups is 2. The van der Waals surface area contributed by atoms with Crippen LogP contribution in [0.5, 0.6) is 0 Å². The highest BCUT2D eigenvalue weighted by molar-refractivity contribution is 8.02. The van der Waals surface area contributed by atoms with Gasteiger partial charge in [-0.3, -0.25) is 28.6 Å². The topological polar surface area (TPSA) is 208 Å². The fraction of sp³-hybridized carbons (Fsp3) is 0.214. The van der Waals surface area contributed by atoms with Crippen molar-refractivity contribution >= 4 is 63.5 Å². The van der Waals surface area contributed by atoms with Crippen molar-refractivity contribution in [2.45, 2.75) is 54.9 Å². The van der Waals surface area contributed by atoms with E-state index in [0.29, 0.717) is 35.0 Å². The van der Waals surface area contributed by atoms with Crippen LogP contribution in [-0.4, -0.2) is 91.9 Å². The summed E-state index contributed by atoms with van der Waals surface area (Å²) < 4.78 is 18.8. The Morgan fingerprint density at radius 1 is 0.829 bits per heavy atom. The van der Waals surface area contributed by atoms with Crippen LogP contribution in [0.2, 0.25) is 0 Å². The molecule has 2 aliphatic rings. The van der Waals surface area contributed by atoms with Gasteiger partial charge in [0.15, 0.2) is 28.4 Å². The number of aromatic amines is 1. The third-order valence-electron chi connectivity index (χ3n) is 12.4. The largest absolute Gasteiger partial charge is 0.448 e. The molecule has 17 nitrogen and oxygen atoms in total. The highest BCUT2D eigenvalue weighted by Gasteiger charge is 2.55. The van der Waals surface area contributed by atoms with Gasteiger partial charge in [0, 0.05) is 24.3 Å². The Morgan fingerprint density at radius 2 is 1.38 bits per heavy atom. The number of anilines is 1. The third kappa shape index (κ3) is 11.4. The minimum absolute atomic E-state index is 0.0349. The van der Waals surface area contributed by atoms with Crippen LogP contribution in [0, 0.1) is 0 Å². The maximum atomic E-state index is 14.8. The van der Waals surface area contributed by atoms with Crippen molar-refractivity contribution in [2.75, 3.05) is 31.4 Å². The van der Waals surface area contributed by atoms with Gasteiger partial charge < -0.3 is 29.7 Å². The number of rotatable bonds is 22. The normalized spacial score (nSPS) is 15.7. The van der Waals surface area contributed by atoms with E-state index < -0.39 is 58.3 Å². The quantitative estimate of drug-likeness (QED) is 0.00864. The molecule has 5 aromatic carbocycles. The van der Waals surface area contributed by atoms with Crippen LogP contribution in [-0.2, 0) is 45.5 Å². The molecular formula is C56H52N8O9S3. The molecule has 2 aliphatic heterocycles. The number of β-lactam (4-membered cyclic amide) rings is 1. The predicted octanol–water partition coefficient (Wildman–Crippen LogP) is 7.83. The standard InChI is InChI=1S/C56H52N8O9S3/c1-4-71-43(72-5-2)33-63-51(68)49(66)60-61-55(63)74-32-31-38-34-75-52-45(50(67)64(52)46(38)53(69)73-47(36-21-11-6-12-22-36)37-23-13-7-14-24-37)58-48(65)44(62-70-3)42-35-76-54(57-42)59-56(39-25-15-8-16-26-39,40-27-17-9-18-28-40)41-29-19-10-20-30-41/h6-32,35,43,45,47,52H,4-5,33-34H2,1-3H3,(H,57,59)(H,58,65)(H,60,66)/b32-31+,62-44+. The number of aromatic nitrogens is 4. The second-order valence-electron chi connectivity index (χ2n) is 17.0. The predicted molar refractivity (Wildman–Crippen MR) is 293 cm³/mol. The van der Waals surface area contributed by atoms with Crippen LogP contribution in [0.3, 0.4) is 0 Å². The van der Waals surface area contributed by atoms with E-state index in [4.69, 9.17) is 24.0 Å². The number of nitrogens with zero attached hydrogens (tertiary/aromatic N) is 5. The van der Waals surface area contributed by atoms with Crippen LogP contribution in [0.25, 0.3) is 0 Å². The smallest absolute Gasteiger partial charge is 0.356 e. The third-order valence-corrected chi connectivity index (χ3v) is 15.2. The fourth-order valence-corrected chi connectivity index (χ4v) is 11.7. The van der Waals surface area contributed by atoms with Gasteiger partial charge in [0.05, 0.1) is 6.54 Å². The number of nitrogens with one attached hydrogen (secondary N) is 3. The molecule has 4 heterocycles. The molecule has 0 bridgehead atoms. The minimum Gasteiger partial charge on any atom is -0.448 e. The molecule has 20 heteroatoms. The van der Waals surface area contributed by atoms with Crippen LogP contribution in [0.1, 0.15) is 53.5 Å². The molecule has 0 radical (unpaired) electrons. The molecule has 7 aromatic rings. The van der Waals surface area contributed by atoms with Gasteiger partial charge in [0.2, 0.25) is 0 Å². The van der Waals surface area contributed by atoms with Crippen molar-refractivity contribution in [1.82, 2.24) is 30.0 Å². The Labute approximate surface area is 450 Å². The lowest BCUT2D eigenvalue weighted by Gasteiger charge is -2.49. The Hall–Kier alpha value is -7.88. The fourth-order valence-electron chi connectivity index (χ4n) is 8.91. The van der Waals surface area contributed by atoms with E-state index in [1.54, 1.807) is 30.7 Å². The first kappa shape index (κ1) is 53.0. The van der Waals surface area contributed by atoms with E-state index in [1.165, 1.54) is 35.1 Å². The number of carbonyl (C=O) groups is 3. The number of thiazole rings is 1. The lowest BCUT2D eigenvalue weighted by atomic mass is 9.77. The zero-order valence-electron chi connectivity index (χ0n) is 41.4. The van der Waals surface area contributed by atoms with Crippen LogP contribution in [0.4, 0.5) is 5.13 Å². The number of H-pyrrole nitrogens is 1. The van der Waals surface area contributed by atoms with E-state index in [-0.39, 0.29) is 34.6 Å². The molecule has 3 N–H and O–H groups in total. The summed E-state index contributed by atoms with van der Waals surface area (Å²) in [5.41, 5.74) is 2.00. The summed E-state index contributed by atoms with van der Waals surface area (Å²) >= 11 is 3.60. The number of allylic oxidation sites excluding steroid dienone is 1. The van der Waals surface area contributed by atoms with Crippen molar-refractivity contribution in [3.05, 3.63) is 234 Å². The average Bonchev–Trinajstić information content (AvgIpc) is 3.95. The highest BCUT2D eigenvalue weighted by atomic mass is 32.2. The first-order chi connectivity index (χ1) is 37.1. The van der Waals surface area contributed by atoms with Crippen LogP contribution < -0.4 is 21.8 Å². The van der Waals surface area contributed by atoms with Crippen molar-refractivity contribution in [3.63, 3.8) is 0 Å².